The Morgan fingerprint density at radius 3 is 2.26 bits per heavy atom. The first kappa shape index (κ1) is 23.5. The lowest BCUT2D eigenvalue weighted by Gasteiger charge is -2.38. The standard InChI is InChI=1S/C25H34N4O4S/c1-25(2,28(3)4)17-7-11-21(12-8-17)34(31,32)29-19-9-10-20(29)14-18(13-19)26-24(30)22-15-23(33-27-22)16-5-6-16/h7-8,11-12,15-16,18-20H,5-6,9-10,13-14H2,1-4H3,(H,26,30)/t18-,19+,20-. The number of carbonyl (C=O) groups is 1. The maximum absolute atomic E-state index is 13.6. The van der Waals surface area contributed by atoms with E-state index < -0.39 is 10.0 Å². The first-order valence-electron chi connectivity index (χ1n) is 12.2. The predicted molar refractivity (Wildman–Crippen MR) is 128 cm³/mol. The Morgan fingerprint density at radius 1 is 1.09 bits per heavy atom. The van der Waals surface area contributed by atoms with Crippen molar-refractivity contribution in [1.82, 2.24) is 19.7 Å². The fourth-order valence-corrected chi connectivity index (χ4v) is 7.17. The molecule has 34 heavy (non-hydrogen) atoms. The van der Waals surface area contributed by atoms with Crippen LogP contribution < -0.4 is 5.32 Å². The molecule has 2 aromatic rings. The molecule has 1 aromatic heterocycles. The minimum Gasteiger partial charge on any atom is -0.360 e. The summed E-state index contributed by atoms with van der Waals surface area (Å²) in [6.45, 7) is 4.23. The number of hydrogen-bond acceptors (Lipinski definition) is 6. The minimum atomic E-state index is -3.60. The van der Waals surface area contributed by atoms with Crippen LogP contribution in [0.3, 0.4) is 0 Å². The number of hydrogen-bond donors (Lipinski definition) is 1. The van der Waals surface area contributed by atoms with Gasteiger partial charge in [0.05, 0.1) is 4.90 Å². The van der Waals surface area contributed by atoms with Crippen molar-refractivity contribution in [3.8, 4) is 0 Å². The molecule has 1 aliphatic carbocycles. The molecule has 2 bridgehead atoms. The van der Waals surface area contributed by atoms with Gasteiger partial charge >= 0.3 is 0 Å². The number of aromatic nitrogens is 1. The van der Waals surface area contributed by atoms with E-state index in [-0.39, 0.29) is 29.6 Å². The van der Waals surface area contributed by atoms with Crippen molar-refractivity contribution in [1.29, 1.82) is 0 Å². The first-order valence-corrected chi connectivity index (χ1v) is 13.6. The molecule has 3 fully saturated rings. The predicted octanol–water partition coefficient (Wildman–Crippen LogP) is 3.46. The summed E-state index contributed by atoms with van der Waals surface area (Å²) in [5.41, 5.74) is 1.18. The van der Waals surface area contributed by atoms with E-state index in [4.69, 9.17) is 4.52 Å². The molecule has 2 aliphatic heterocycles. The molecule has 1 aromatic carbocycles. The summed E-state index contributed by atoms with van der Waals surface area (Å²) in [5.74, 6) is 0.947. The van der Waals surface area contributed by atoms with Gasteiger partial charge in [-0.05, 0) is 84.2 Å². The van der Waals surface area contributed by atoms with Crippen LogP contribution >= 0.6 is 0 Å². The van der Waals surface area contributed by atoms with E-state index in [0.717, 1.165) is 37.0 Å². The van der Waals surface area contributed by atoms with Gasteiger partial charge in [-0.25, -0.2) is 8.42 Å². The Balaban J connectivity index is 1.27. The summed E-state index contributed by atoms with van der Waals surface area (Å²) < 4.78 is 34.1. The zero-order chi connectivity index (χ0) is 24.3. The SMILES string of the molecule is CN(C)C(C)(C)c1ccc(S(=O)(=O)N2[C@@H]3CC[C@H]2C[C@@H](NC(=O)c2cc(C4CC4)on2)C3)cc1. The summed E-state index contributed by atoms with van der Waals surface area (Å²) >= 11 is 0. The van der Waals surface area contributed by atoms with Crippen LogP contribution in [0.15, 0.2) is 39.8 Å². The van der Waals surface area contributed by atoms with Gasteiger partial charge in [-0.1, -0.05) is 17.3 Å². The van der Waals surface area contributed by atoms with Crippen LogP contribution in [-0.2, 0) is 15.6 Å². The number of rotatable bonds is 7. The normalized spacial score (nSPS) is 25.6. The van der Waals surface area contributed by atoms with Crippen molar-refractivity contribution in [2.75, 3.05) is 14.1 Å². The lowest BCUT2D eigenvalue weighted by atomic mass is 9.93. The van der Waals surface area contributed by atoms with Crippen molar-refractivity contribution < 1.29 is 17.7 Å². The topological polar surface area (TPSA) is 95.8 Å². The fourth-order valence-electron chi connectivity index (χ4n) is 5.27. The van der Waals surface area contributed by atoms with E-state index >= 15 is 0 Å². The molecule has 1 N–H and O–H groups in total. The summed E-state index contributed by atoms with van der Waals surface area (Å²) in [7, 11) is 0.424. The number of piperidine rings is 1. The molecule has 2 saturated heterocycles. The molecule has 1 saturated carbocycles. The number of carbonyl (C=O) groups excluding carboxylic acids is 1. The molecule has 5 rings (SSSR count). The summed E-state index contributed by atoms with van der Waals surface area (Å²) in [6.07, 6.45) is 5.03. The highest BCUT2D eigenvalue weighted by molar-refractivity contribution is 7.89. The third-order valence-electron chi connectivity index (χ3n) is 8.00. The lowest BCUT2D eigenvalue weighted by Crippen LogP contribution is -2.52. The number of fused-ring (bicyclic) bond motifs is 2. The van der Waals surface area contributed by atoms with Crippen LogP contribution in [0.1, 0.15) is 80.1 Å². The van der Waals surface area contributed by atoms with E-state index in [0.29, 0.717) is 29.3 Å². The van der Waals surface area contributed by atoms with E-state index in [2.05, 4.69) is 29.2 Å². The van der Waals surface area contributed by atoms with Gasteiger partial charge in [-0.3, -0.25) is 4.79 Å². The summed E-state index contributed by atoms with van der Waals surface area (Å²) in [6, 6.07) is 8.74. The van der Waals surface area contributed by atoms with Crippen LogP contribution in [0, 0.1) is 0 Å². The maximum atomic E-state index is 13.6. The van der Waals surface area contributed by atoms with E-state index in [1.54, 1.807) is 22.5 Å². The van der Waals surface area contributed by atoms with E-state index in [1.165, 1.54) is 0 Å². The average Bonchev–Trinajstić information content (AvgIpc) is 3.45. The van der Waals surface area contributed by atoms with Crippen molar-refractivity contribution in [3.63, 3.8) is 0 Å². The monoisotopic (exact) mass is 486 g/mol. The first-order chi connectivity index (χ1) is 16.1. The maximum Gasteiger partial charge on any atom is 0.273 e. The van der Waals surface area contributed by atoms with Gasteiger partial charge in [-0.2, -0.15) is 4.31 Å². The second kappa shape index (κ2) is 8.46. The number of sulfonamides is 1. The molecule has 0 radical (unpaired) electrons. The summed E-state index contributed by atoms with van der Waals surface area (Å²) in [5, 5.41) is 7.00. The molecule has 3 aliphatic rings. The van der Waals surface area contributed by atoms with Gasteiger partial charge in [0.2, 0.25) is 10.0 Å². The van der Waals surface area contributed by atoms with Crippen LogP contribution in [0.5, 0.6) is 0 Å². The zero-order valence-electron chi connectivity index (χ0n) is 20.3. The smallest absolute Gasteiger partial charge is 0.273 e. The number of benzene rings is 1. The highest BCUT2D eigenvalue weighted by Gasteiger charge is 2.47. The average molecular weight is 487 g/mol. The van der Waals surface area contributed by atoms with Gasteiger partial charge in [0, 0.05) is 35.6 Å². The lowest BCUT2D eigenvalue weighted by molar-refractivity contribution is 0.0900. The van der Waals surface area contributed by atoms with Gasteiger partial charge in [0.1, 0.15) is 5.76 Å². The van der Waals surface area contributed by atoms with Crippen molar-refractivity contribution in [3.05, 3.63) is 47.3 Å². The zero-order valence-corrected chi connectivity index (χ0v) is 21.1. The van der Waals surface area contributed by atoms with Gasteiger partial charge in [-0.15, -0.1) is 0 Å². The third kappa shape index (κ3) is 4.18. The minimum absolute atomic E-state index is 0.0687. The fraction of sp³-hybridized carbons (Fsp3) is 0.600. The van der Waals surface area contributed by atoms with E-state index in [9.17, 15) is 13.2 Å². The molecule has 3 heterocycles. The molecule has 184 valence electrons. The van der Waals surface area contributed by atoms with Crippen molar-refractivity contribution in [2.24, 2.45) is 0 Å². The second-order valence-corrected chi connectivity index (χ2v) is 12.6. The molecular weight excluding hydrogens is 452 g/mol. The van der Waals surface area contributed by atoms with Crippen LogP contribution in [0.4, 0.5) is 0 Å². The molecule has 0 unspecified atom stereocenters. The largest absolute Gasteiger partial charge is 0.360 e. The van der Waals surface area contributed by atoms with Gasteiger partial charge < -0.3 is 14.7 Å². The third-order valence-corrected chi connectivity index (χ3v) is 10.0. The Bertz CT molecular complexity index is 1150. The molecule has 1 amide bonds. The summed E-state index contributed by atoms with van der Waals surface area (Å²) in [4.78, 5) is 15.1. The highest BCUT2D eigenvalue weighted by atomic mass is 32.2. The number of amides is 1. The van der Waals surface area contributed by atoms with E-state index in [1.807, 2.05) is 26.2 Å². The molecule has 0 spiro atoms. The molecule has 9 heteroatoms. The Labute approximate surface area is 201 Å². The highest BCUT2D eigenvalue weighted by Crippen LogP contribution is 2.41. The molecule has 8 nitrogen and oxygen atoms in total. The Hall–Kier alpha value is -2.23. The Morgan fingerprint density at radius 2 is 1.71 bits per heavy atom. The number of nitrogens with one attached hydrogen (secondary N) is 1. The van der Waals surface area contributed by atoms with Crippen LogP contribution in [0.25, 0.3) is 0 Å². The van der Waals surface area contributed by atoms with Crippen molar-refractivity contribution in [2.45, 2.75) is 86.9 Å². The molecular formula is C25H34N4O4S. The number of nitrogens with zero attached hydrogens (tertiary/aromatic N) is 3. The Kier molecular flexibility index (Phi) is 5.85. The quantitative estimate of drug-likeness (QED) is 0.644. The van der Waals surface area contributed by atoms with Gasteiger partial charge in [0.15, 0.2) is 5.69 Å². The van der Waals surface area contributed by atoms with Crippen molar-refractivity contribution >= 4 is 15.9 Å². The molecule has 3 atom stereocenters. The van der Waals surface area contributed by atoms with Crippen LogP contribution in [0.2, 0.25) is 0 Å². The van der Waals surface area contributed by atoms with Crippen LogP contribution in [-0.4, -0.2) is 60.9 Å². The van der Waals surface area contributed by atoms with Gasteiger partial charge in [0.25, 0.3) is 5.91 Å². The second-order valence-electron chi connectivity index (χ2n) is 10.7.